The second kappa shape index (κ2) is 8.75. The molecule has 1 aliphatic rings. The van der Waals surface area contributed by atoms with Gasteiger partial charge in [-0.05, 0) is 46.2 Å². The van der Waals surface area contributed by atoms with Crippen LogP contribution in [-0.2, 0) is 0 Å². The first-order chi connectivity index (χ1) is 11.5. The highest BCUT2D eigenvalue weighted by Gasteiger charge is 2.22. The molecule has 1 aromatic rings. The van der Waals surface area contributed by atoms with Gasteiger partial charge in [0.25, 0.3) is 11.8 Å². The lowest BCUT2D eigenvalue weighted by molar-refractivity contribution is 0.0658. The van der Waals surface area contributed by atoms with E-state index in [1.807, 2.05) is 21.1 Å². The molecule has 1 aromatic heterocycles. The lowest BCUT2D eigenvalue weighted by atomic mass is 10.2. The Kier molecular flexibility index (Phi) is 6.69. The SMILES string of the molecule is CN(C)CCCNC(=O)c1cccc(C(=O)N2CCN(C)CC2)n1. The third-order valence-electron chi connectivity index (χ3n) is 4.06. The molecule has 1 fully saturated rings. The van der Waals surface area contributed by atoms with Crippen molar-refractivity contribution in [3.05, 3.63) is 29.6 Å². The summed E-state index contributed by atoms with van der Waals surface area (Å²) in [5.74, 6) is -0.341. The lowest BCUT2D eigenvalue weighted by Gasteiger charge is -2.32. The van der Waals surface area contributed by atoms with E-state index in [-0.39, 0.29) is 11.8 Å². The summed E-state index contributed by atoms with van der Waals surface area (Å²) < 4.78 is 0. The zero-order valence-electron chi connectivity index (χ0n) is 14.8. The van der Waals surface area contributed by atoms with E-state index in [9.17, 15) is 9.59 Å². The van der Waals surface area contributed by atoms with Crippen molar-refractivity contribution >= 4 is 11.8 Å². The minimum atomic E-state index is -0.234. The van der Waals surface area contributed by atoms with Crippen LogP contribution in [0, 0.1) is 0 Å². The summed E-state index contributed by atoms with van der Waals surface area (Å²) in [6.45, 7) is 4.61. The van der Waals surface area contributed by atoms with Crippen LogP contribution in [0.4, 0.5) is 0 Å². The number of rotatable bonds is 6. The summed E-state index contributed by atoms with van der Waals surface area (Å²) in [7, 11) is 6.04. The highest BCUT2D eigenvalue weighted by atomic mass is 16.2. The normalized spacial score (nSPS) is 15.6. The fourth-order valence-corrected chi connectivity index (χ4v) is 2.54. The van der Waals surface area contributed by atoms with Gasteiger partial charge in [0.05, 0.1) is 0 Å². The van der Waals surface area contributed by atoms with Crippen LogP contribution in [0.5, 0.6) is 0 Å². The van der Waals surface area contributed by atoms with E-state index in [0.29, 0.717) is 31.0 Å². The van der Waals surface area contributed by atoms with Gasteiger partial charge in [0.1, 0.15) is 11.4 Å². The van der Waals surface area contributed by atoms with Gasteiger partial charge in [0, 0.05) is 32.7 Å². The average molecular weight is 333 g/mol. The van der Waals surface area contributed by atoms with Gasteiger partial charge in [-0.1, -0.05) is 6.07 Å². The van der Waals surface area contributed by atoms with E-state index in [1.54, 1.807) is 23.1 Å². The Morgan fingerprint density at radius 1 is 1.17 bits per heavy atom. The molecule has 7 heteroatoms. The summed E-state index contributed by atoms with van der Waals surface area (Å²) in [6, 6.07) is 5.02. The molecule has 0 atom stereocenters. The number of piperazine rings is 1. The van der Waals surface area contributed by atoms with Gasteiger partial charge in [0.15, 0.2) is 0 Å². The maximum Gasteiger partial charge on any atom is 0.272 e. The number of amides is 2. The predicted octanol–water partition coefficient (Wildman–Crippen LogP) is 0.151. The first-order valence-corrected chi connectivity index (χ1v) is 8.35. The van der Waals surface area contributed by atoms with E-state index in [2.05, 4.69) is 20.1 Å². The van der Waals surface area contributed by atoms with Crippen LogP contribution in [0.1, 0.15) is 27.4 Å². The first-order valence-electron chi connectivity index (χ1n) is 8.35. The Labute approximate surface area is 143 Å². The molecule has 2 rings (SSSR count). The number of likely N-dealkylation sites (N-methyl/N-ethyl adjacent to an activating group) is 1. The smallest absolute Gasteiger partial charge is 0.272 e. The number of carbonyl (C=O) groups is 2. The van der Waals surface area contributed by atoms with Gasteiger partial charge in [0.2, 0.25) is 0 Å². The third kappa shape index (κ3) is 5.28. The Bertz CT molecular complexity index is 568. The maximum absolute atomic E-state index is 12.5. The standard InChI is InChI=1S/C17H27N5O2/c1-20(2)9-5-8-18-16(23)14-6-4-7-15(19-14)17(24)22-12-10-21(3)11-13-22/h4,6-7H,5,8-13H2,1-3H3,(H,18,23). The molecule has 0 saturated carbocycles. The molecule has 0 aliphatic carbocycles. The average Bonchev–Trinajstić information content (AvgIpc) is 2.58. The van der Waals surface area contributed by atoms with E-state index >= 15 is 0 Å². The predicted molar refractivity (Wildman–Crippen MR) is 93.1 cm³/mol. The Morgan fingerprint density at radius 2 is 1.83 bits per heavy atom. The largest absolute Gasteiger partial charge is 0.351 e. The van der Waals surface area contributed by atoms with Crippen molar-refractivity contribution in [3.63, 3.8) is 0 Å². The van der Waals surface area contributed by atoms with Gasteiger partial charge in [-0.2, -0.15) is 0 Å². The lowest BCUT2D eigenvalue weighted by Crippen LogP contribution is -2.47. The minimum Gasteiger partial charge on any atom is -0.351 e. The van der Waals surface area contributed by atoms with Crippen molar-refractivity contribution in [2.75, 3.05) is 60.4 Å². The molecular formula is C17H27N5O2. The molecule has 1 aliphatic heterocycles. The minimum absolute atomic E-state index is 0.106. The van der Waals surface area contributed by atoms with Crippen LogP contribution in [0.15, 0.2) is 18.2 Å². The Hall–Kier alpha value is -1.99. The van der Waals surface area contributed by atoms with Crippen molar-refractivity contribution in [1.29, 1.82) is 0 Å². The highest BCUT2D eigenvalue weighted by molar-refractivity contribution is 5.96. The summed E-state index contributed by atoms with van der Waals surface area (Å²) in [5.41, 5.74) is 0.625. The van der Waals surface area contributed by atoms with Crippen LogP contribution in [0.3, 0.4) is 0 Å². The summed E-state index contributed by atoms with van der Waals surface area (Å²) in [4.78, 5) is 35.0. The molecule has 2 amide bonds. The van der Waals surface area contributed by atoms with Crippen LogP contribution < -0.4 is 5.32 Å². The molecule has 2 heterocycles. The summed E-state index contributed by atoms with van der Waals surface area (Å²) >= 11 is 0. The molecule has 132 valence electrons. The Balaban J connectivity index is 1.93. The highest BCUT2D eigenvalue weighted by Crippen LogP contribution is 2.07. The molecule has 0 radical (unpaired) electrons. The molecule has 0 unspecified atom stereocenters. The fourth-order valence-electron chi connectivity index (χ4n) is 2.54. The second-order valence-corrected chi connectivity index (χ2v) is 6.42. The number of hydrogen-bond acceptors (Lipinski definition) is 5. The van der Waals surface area contributed by atoms with Crippen LogP contribution in [0.25, 0.3) is 0 Å². The molecule has 0 aromatic carbocycles. The van der Waals surface area contributed by atoms with E-state index < -0.39 is 0 Å². The third-order valence-corrected chi connectivity index (χ3v) is 4.06. The summed E-state index contributed by atoms with van der Waals surface area (Å²) in [6.07, 6.45) is 0.874. The second-order valence-electron chi connectivity index (χ2n) is 6.42. The monoisotopic (exact) mass is 333 g/mol. The zero-order valence-corrected chi connectivity index (χ0v) is 14.8. The van der Waals surface area contributed by atoms with Crippen molar-refractivity contribution < 1.29 is 9.59 Å². The molecule has 1 N–H and O–H groups in total. The van der Waals surface area contributed by atoms with Gasteiger partial charge in [-0.25, -0.2) is 4.98 Å². The number of carbonyl (C=O) groups excluding carboxylic acids is 2. The zero-order chi connectivity index (χ0) is 17.5. The molecule has 0 spiro atoms. The quantitative estimate of drug-likeness (QED) is 0.751. The number of nitrogens with zero attached hydrogens (tertiary/aromatic N) is 4. The van der Waals surface area contributed by atoms with Crippen LogP contribution in [-0.4, -0.2) is 91.9 Å². The summed E-state index contributed by atoms with van der Waals surface area (Å²) in [5, 5.41) is 2.85. The molecule has 1 saturated heterocycles. The van der Waals surface area contributed by atoms with E-state index in [4.69, 9.17) is 0 Å². The van der Waals surface area contributed by atoms with Gasteiger partial charge in [-0.15, -0.1) is 0 Å². The topological polar surface area (TPSA) is 68.8 Å². The fraction of sp³-hybridized carbons (Fsp3) is 0.588. The van der Waals surface area contributed by atoms with Crippen molar-refractivity contribution in [3.8, 4) is 0 Å². The number of aromatic nitrogens is 1. The van der Waals surface area contributed by atoms with Crippen molar-refractivity contribution in [2.24, 2.45) is 0 Å². The van der Waals surface area contributed by atoms with Crippen molar-refractivity contribution in [1.82, 2.24) is 25.0 Å². The van der Waals surface area contributed by atoms with Crippen LogP contribution in [0.2, 0.25) is 0 Å². The Morgan fingerprint density at radius 3 is 2.50 bits per heavy atom. The van der Waals surface area contributed by atoms with E-state index in [0.717, 1.165) is 26.1 Å². The molecule has 24 heavy (non-hydrogen) atoms. The maximum atomic E-state index is 12.5. The number of nitrogens with one attached hydrogen (secondary N) is 1. The van der Waals surface area contributed by atoms with Crippen molar-refractivity contribution in [2.45, 2.75) is 6.42 Å². The first kappa shape index (κ1) is 18.4. The molecule has 0 bridgehead atoms. The molecule has 7 nitrogen and oxygen atoms in total. The number of pyridine rings is 1. The van der Waals surface area contributed by atoms with E-state index in [1.165, 1.54) is 0 Å². The number of hydrogen-bond donors (Lipinski definition) is 1. The van der Waals surface area contributed by atoms with Gasteiger partial charge < -0.3 is 20.0 Å². The molecular weight excluding hydrogens is 306 g/mol. The van der Waals surface area contributed by atoms with Gasteiger partial charge >= 0.3 is 0 Å². The van der Waals surface area contributed by atoms with Gasteiger partial charge in [-0.3, -0.25) is 9.59 Å². The van der Waals surface area contributed by atoms with Crippen LogP contribution >= 0.6 is 0 Å².